The highest BCUT2D eigenvalue weighted by Crippen LogP contribution is 2.17. The highest BCUT2D eigenvalue weighted by molar-refractivity contribution is 5.94. The number of hydrogen-bond donors (Lipinski definition) is 1. The molecule has 7 nitrogen and oxygen atoms in total. The Morgan fingerprint density at radius 3 is 2.59 bits per heavy atom. The molecule has 0 bridgehead atoms. The zero-order chi connectivity index (χ0) is 15.7. The second kappa shape index (κ2) is 5.94. The number of hydrogen-bond acceptors (Lipinski definition) is 4. The number of fused-ring (bicyclic) bond motifs is 1. The average Bonchev–Trinajstić information content (AvgIpc) is 2.73. The van der Waals surface area contributed by atoms with Gasteiger partial charge in [-0.25, -0.2) is 4.79 Å². The number of benzene rings is 1. The molecule has 22 heavy (non-hydrogen) atoms. The van der Waals surface area contributed by atoms with E-state index in [2.05, 4.69) is 10.2 Å². The van der Waals surface area contributed by atoms with Gasteiger partial charge in [0.15, 0.2) is 0 Å². The number of rotatable bonds is 3. The normalized spacial score (nSPS) is 16.1. The summed E-state index contributed by atoms with van der Waals surface area (Å²) in [7, 11) is 3.46. The molecule has 1 aliphatic rings. The lowest BCUT2D eigenvalue weighted by Crippen LogP contribution is -2.41. The number of nitrogens with zero attached hydrogens (tertiary/aromatic N) is 3. The second-order valence-corrected chi connectivity index (χ2v) is 5.54. The van der Waals surface area contributed by atoms with Crippen LogP contribution in [-0.4, -0.2) is 52.8 Å². The van der Waals surface area contributed by atoms with Gasteiger partial charge in [-0.15, -0.1) is 0 Å². The molecule has 0 saturated carbocycles. The molecule has 1 amide bonds. The van der Waals surface area contributed by atoms with Gasteiger partial charge in [0, 0.05) is 32.9 Å². The van der Waals surface area contributed by atoms with Crippen molar-refractivity contribution in [3.8, 4) is 0 Å². The third-order valence-corrected chi connectivity index (χ3v) is 4.03. The first-order valence-corrected chi connectivity index (χ1v) is 7.31. The summed E-state index contributed by atoms with van der Waals surface area (Å²) in [4.78, 5) is 26.1. The van der Waals surface area contributed by atoms with Crippen LogP contribution in [0.3, 0.4) is 0 Å². The first kappa shape index (κ1) is 14.8. The lowest BCUT2D eigenvalue weighted by atomic mass is 10.2. The number of amides is 1. The van der Waals surface area contributed by atoms with Crippen molar-refractivity contribution in [1.29, 1.82) is 0 Å². The van der Waals surface area contributed by atoms with E-state index < -0.39 is 0 Å². The van der Waals surface area contributed by atoms with E-state index in [1.165, 1.54) is 0 Å². The number of carbonyl (C=O) groups is 1. The molecule has 118 valence electrons. The van der Waals surface area contributed by atoms with E-state index in [1.54, 1.807) is 23.2 Å². The topological polar surface area (TPSA) is 68.5 Å². The van der Waals surface area contributed by atoms with Crippen molar-refractivity contribution in [2.75, 3.05) is 38.2 Å². The smallest absolute Gasteiger partial charge is 0.328 e. The van der Waals surface area contributed by atoms with Crippen molar-refractivity contribution in [2.24, 2.45) is 14.1 Å². The molecule has 1 aromatic heterocycles. The number of imidazole rings is 1. The Morgan fingerprint density at radius 2 is 1.86 bits per heavy atom. The van der Waals surface area contributed by atoms with Gasteiger partial charge in [-0.1, -0.05) is 0 Å². The van der Waals surface area contributed by atoms with Crippen LogP contribution in [-0.2, 0) is 23.6 Å². The van der Waals surface area contributed by atoms with Crippen LogP contribution in [0.4, 0.5) is 5.69 Å². The maximum absolute atomic E-state index is 12.1. The van der Waals surface area contributed by atoms with Crippen LogP contribution in [0.2, 0.25) is 0 Å². The number of aromatic nitrogens is 2. The highest BCUT2D eigenvalue weighted by Gasteiger charge is 2.15. The minimum atomic E-state index is -0.0770. The Balaban J connectivity index is 1.74. The molecular formula is C15H20N4O3. The molecule has 1 saturated heterocycles. The minimum absolute atomic E-state index is 0.0535. The Morgan fingerprint density at radius 1 is 1.18 bits per heavy atom. The molecule has 0 unspecified atom stereocenters. The van der Waals surface area contributed by atoms with Crippen LogP contribution in [0.1, 0.15) is 0 Å². The third-order valence-electron chi connectivity index (χ3n) is 4.03. The number of ether oxygens (including phenoxy) is 1. The summed E-state index contributed by atoms with van der Waals surface area (Å²) in [5.74, 6) is -0.0535. The molecule has 7 heteroatoms. The Bertz CT molecular complexity index is 756. The molecule has 1 fully saturated rings. The highest BCUT2D eigenvalue weighted by atomic mass is 16.5. The first-order chi connectivity index (χ1) is 10.6. The van der Waals surface area contributed by atoms with Gasteiger partial charge in [-0.2, -0.15) is 0 Å². The van der Waals surface area contributed by atoms with Crippen molar-refractivity contribution in [1.82, 2.24) is 14.0 Å². The van der Waals surface area contributed by atoms with Crippen molar-refractivity contribution >= 4 is 22.6 Å². The zero-order valence-electron chi connectivity index (χ0n) is 12.8. The first-order valence-electron chi connectivity index (χ1n) is 7.31. The summed E-state index contributed by atoms with van der Waals surface area (Å²) in [6.07, 6.45) is 0. The fourth-order valence-corrected chi connectivity index (χ4v) is 2.75. The number of nitrogens with one attached hydrogen (secondary N) is 1. The molecule has 0 radical (unpaired) electrons. The van der Waals surface area contributed by atoms with Crippen molar-refractivity contribution in [2.45, 2.75) is 0 Å². The largest absolute Gasteiger partial charge is 0.379 e. The van der Waals surface area contributed by atoms with E-state index in [0.29, 0.717) is 25.4 Å². The van der Waals surface area contributed by atoms with E-state index in [4.69, 9.17) is 4.74 Å². The fraction of sp³-hybridized carbons (Fsp3) is 0.467. The third kappa shape index (κ3) is 2.77. The van der Waals surface area contributed by atoms with Gasteiger partial charge in [-0.05, 0) is 18.2 Å². The lowest BCUT2D eigenvalue weighted by molar-refractivity contribution is -0.118. The fourth-order valence-electron chi connectivity index (χ4n) is 2.75. The van der Waals surface area contributed by atoms with Gasteiger partial charge in [-0.3, -0.25) is 18.8 Å². The van der Waals surface area contributed by atoms with Crippen molar-refractivity contribution in [3.63, 3.8) is 0 Å². The van der Waals surface area contributed by atoms with Crippen LogP contribution in [0, 0.1) is 0 Å². The van der Waals surface area contributed by atoms with E-state index in [1.807, 2.05) is 18.2 Å². The van der Waals surface area contributed by atoms with Crippen LogP contribution < -0.4 is 11.0 Å². The molecule has 0 aliphatic carbocycles. The van der Waals surface area contributed by atoms with E-state index in [-0.39, 0.29) is 11.6 Å². The number of anilines is 1. The van der Waals surface area contributed by atoms with Gasteiger partial charge in [0.2, 0.25) is 5.91 Å². The number of morpholine rings is 1. The minimum Gasteiger partial charge on any atom is -0.379 e. The molecular weight excluding hydrogens is 284 g/mol. The standard InChI is InChI=1S/C15H20N4O3/c1-17-12-4-3-11(9-13(12)18(2)15(17)21)16-14(20)10-19-5-7-22-8-6-19/h3-4,9H,5-8,10H2,1-2H3,(H,16,20). The van der Waals surface area contributed by atoms with E-state index in [0.717, 1.165) is 24.1 Å². The average molecular weight is 304 g/mol. The summed E-state index contributed by atoms with van der Waals surface area (Å²) in [6, 6.07) is 5.49. The van der Waals surface area contributed by atoms with Gasteiger partial charge in [0.25, 0.3) is 0 Å². The molecule has 0 atom stereocenters. The van der Waals surface area contributed by atoms with Crippen LogP contribution in [0.15, 0.2) is 23.0 Å². The molecule has 1 aromatic carbocycles. The van der Waals surface area contributed by atoms with Crippen LogP contribution in [0.25, 0.3) is 11.0 Å². The predicted molar refractivity (Wildman–Crippen MR) is 84.0 cm³/mol. The Labute approximate surface area is 128 Å². The lowest BCUT2D eigenvalue weighted by Gasteiger charge is -2.25. The molecule has 1 N–H and O–H groups in total. The van der Waals surface area contributed by atoms with Gasteiger partial charge >= 0.3 is 5.69 Å². The molecule has 3 rings (SSSR count). The Hall–Kier alpha value is -2.12. The zero-order valence-corrected chi connectivity index (χ0v) is 12.8. The molecule has 0 spiro atoms. The number of aryl methyl sites for hydroxylation is 2. The summed E-state index contributed by atoms with van der Waals surface area (Å²) in [6.45, 7) is 3.26. The van der Waals surface area contributed by atoms with Crippen LogP contribution in [0.5, 0.6) is 0 Å². The maximum Gasteiger partial charge on any atom is 0.328 e. The molecule has 1 aliphatic heterocycles. The SMILES string of the molecule is Cn1c(=O)n(C)c2cc(NC(=O)CN3CCOCC3)ccc21. The second-order valence-electron chi connectivity index (χ2n) is 5.54. The van der Waals surface area contributed by atoms with Gasteiger partial charge < -0.3 is 10.1 Å². The van der Waals surface area contributed by atoms with E-state index >= 15 is 0 Å². The molecule has 2 aromatic rings. The van der Waals surface area contributed by atoms with Crippen molar-refractivity contribution < 1.29 is 9.53 Å². The van der Waals surface area contributed by atoms with Crippen molar-refractivity contribution in [3.05, 3.63) is 28.7 Å². The molecule has 2 heterocycles. The summed E-state index contributed by atoms with van der Waals surface area (Å²) >= 11 is 0. The quantitative estimate of drug-likeness (QED) is 0.876. The summed E-state index contributed by atoms with van der Waals surface area (Å²) < 4.78 is 8.43. The number of carbonyl (C=O) groups excluding carboxylic acids is 1. The van der Waals surface area contributed by atoms with E-state index in [9.17, 15) is 9.59 Å². The van der Waals surface area contributed by atoms with Gasteiger partial charge in [0.1, 0.15) is 0 Å². The predicted octanol–water partition coefficient (Wildman–Crippen LogP) is 0.148. The summed E-state index contributed by atoms with van der Waals surface area (Å²) in [5.41, 5.74) is 2.27. The summed E-state index contributed by atoms with van der Waals surface area (Å²) in [5, 5.41) is 2.89. The Kier molecular flexibility index (Phi) is 4.00. The maximum atomic E-state index is 12.1. The van der Waals surface area contributed by atoms with Gasteiger partial charge in [0.05, 0.1) is 30.8 Å². The monoisotopic (exact) mass is 304 g/mol. The van der Waals surface area contributed by atoms with Crippen LogP contribution >= 0.6 is 0 Å².